The van der Waals surface area contributed by atoms with Crippen molar-refractivity contribution in [2.45, 2.75) is 40.6 Å². The number of rotatable bonds is 5. The van der Waals surface area contributed by atoms with Crippen molar-refractivity contribution >= 4 is 40.3 Å². The third-order valence-electron chi connectivity index (χ3n) is 5.44. The molecule has 4 rings (SSSR count). The maximum atomic E-state index is 13.1. The lowest BCUT2D eigenvalue weighted by molar-refractivity contribution is 0.0589. The molecular formula is C23H26O5S3. The van der Waals surface area contributed by atoms with Crippen LogP contribution in [-0.4, -0.2) is 42.0 Å². The fourth-order valence-corrected chi connectivity index (χ4v) is 8.89. The Labute approximate surface area is 194 Å². The molecule has 2 aliphatic rings. The monoisotopic (exact) mass is 478 g/mol. The molecule has 0 aliphatic carbocycles. The summed E-state index contributed by atoms with van der Waals surface area (Å²) in [6.45, 7) is 2.03. The van der Waals surface area contributed by atoms with Crippen LogP contribution in [0.25, 0.3) is 0 Å². The fourth-order valence-electron chi connectivity index (χ4n) is 4.12. The molecule has 1 fully saturated rings. The molecule has 0 radical (unpaired) electrons. The topological polar surface area (TPSA) is 61.8 Å². The zero-order valence-electron chi connectivity index (χ0n) is 17.8. The maximum Gasteiger partial charge on any atom is 0.341 e. The van der Waals surface area contributed by atoms with Crippen molar-refractivity contribution in [2.75, 3.05) is 25.7 Å². The molecule has 0 aromatic heterocycles. The van der Waals surface area contributed by atoms with E-state index in [1.54, 1.807) is 7.11 Å². The van der Waals surface area contributed by atoms with Gasteiger partial charge in [0, 0.05) is 11.3 Å². The van der Waals surface area contributed by atoms with E-state index in [1.807, 2.05) is 66.8 Å². The molecule has 1 spiro atoms. The minimum Gasteiger partial charge on any atom is -0.496 e. The third kappa shape index (κ3) is 4.34. The summed E-state index contributed by atoms with van der Waals surface area (Å²) in [4.78, 5) is 13.7. The highest BCUT2D eigenvalue weighted by molar-refractivity contribution is 8.18. The molecule has 0 amide bonds. The molecule has 2 aromatic rings. The van der Waals surface area contributed by atoms with E-state index in [4.69, 9.17) is 14.2 Å². The molecule has 0 N–H and O–H groups in total. The van der Waals surface area contributed by atoms with Gasteiger partial charge in [-0.3, -0.25) is 4.21 Å². The molecule has 1 saturated heterocycles. The molecule has 2 aliphatic heterocycles. The number of thioether (sulfide) groups is 2. The lowest BCUT2D eigenvalue weighted by Gasteiger charge is -2.44. The Morgan fingerprint density at radius 3 is 2.58 bits per heavy atom. The summed E-state index contributed by atoms with van der Waals surface area (Å²) in [5, 5.41) is 0. The van der Waals surface area contributed by atoms with Crippen LogP contribution in [0.2, 0.25) is 0 Å². The summed E-state index contributed by atoms with van der Waals surface area (Å²) in [6.07, 6.45) is 1.93. The van der Waals surface area contributed by atoms with Crippen LogP contribution in [0.5, 0.6) is 11.5 Å². The Hall–Kier alpha value is -1.64. The summed E-state index contributed by atoms with van der Waals surface area (Å²) in [6, 6.07) is 11.1. The minimum absolute atomic E-state index is 0.0615. The summed E-state index contributed by atoms with van der Waals surface area (Å²) in [5.74, 6) is 2.99. The lowest BCUT2D eigenvalue weighted by Crippen LogP contribution is -2.36. The molecule has 2 heterocycles. The van der Waals surface area contributed by atoms with E-state index in [1.165, 1.54) is 7.11 Å². The second-order valence-electron chi connectivity index (χ2n) is 7.55. The van der Waals surface area contributed by atoms with Crippen LogP contribution in [0.4, 0.5) is 0 Å². The van der Waals surface area contributed by atoms with Crippen LogP contribution in [-0.2, 0) is 25.4 Å². The zero-order valence-corrected chi connectivity index (χ0v) is 20.3. The lowest BCUT2D eigenvalue weighted by atomic mass is 9.94. The average molecular weight is 479 g/mol. The second-order valence-corrected chi connectivity index (χ2v) is 12.0. The molecule has 0 bridgehead atoms. The Bertz CT molecular complexity index is 986. The number of methoxy groups -OCH3 is 2. The number of benzene rings is 2. The Balaban J connectivity index is 1.88. The number of ether oxygens (including phenoxy) is 3. The van der Waals surface area contributed by atoms with Crippen LogP contribution in [0, 0.1) is 0 Å². The van der Waals surface area contributed by atoms with E-state index < -0.39 is 16.8 Å². The van der Waals surface area contributed by atoms with Crippen molar-refractivity contribution in [3.63, 3.8) is 0 Å². The normalized spacial score (nSPS) is 20.4. The Morgan fingerprint density at radius 1 is 1.23 bits per heavy atom. The smallest absolute Gasteiger partial charge is 0.341 e. The van der Waals surface area contributed by atoms with E-state index in [9.17, 15) is 9.00 Å². The average Bonchev–Trinajstić information content (AvgIpc) is 2.78. The van der Waals surface area contributed by atoms with Gasteiger partial charge in [0.25, 0.3) is 0 Å². The van der Waals surface area contributed by atoms with Gasteiger partial charge in [-0.15, -0.1) is 23.5 Å². The van der Waals surface area contributed by atoms with Crippen molar-refractivity contribution < 1.29 is 23.2 Å². The van der Waals surface area contributed by atoms with Crippen LogP contribution in [0.3, 0.4) is 0 Å². The molecule has 5 nitrogen and oxygen atoms in total. The molecule has 0 saturated carbocycles. The van der Waals surface area contributed by atoms with Crippen molar-refractivity contribution in [3.8, 4) is 11.5 Å². The van der Waals surface area contributed by atoms with Gasteiger partial charge >= 0.3 is 5.97 Å². The largest absolute Gasteiger partial charge is 0.496 e. The maximum absolute atomic E-state index is 13.1. The molecule has 166 valence electrons. The number of hydrogen-bond donors (Lipinski definition) is 0. The molecule has 2 aromatic carbocycles. The second kappa shape index (κ2) is 9.46. The van der Waals surface area contributed by atoms with Crippen molar-refractivity contribution in [2.24, 2.45) is 0 Å². The van der Waals surface area contributed by atoms with E-state index in [0.29, 0.717) is 27.5 Å². The number of fused-ring (bicyclic) bond motifs is 2. The Morgan fingerprint density at radius 2 is 1.94 bits per heavy atom. The molecule has 2 atom stereocenters. The quantitative estimate of drug-likeness (QED) is 0.562. The predicted molar refractivity (Wildman–Crippen MR) is 127 cm³/mol. The highest BCUT2D eigenvalue weighted by Gasteiger charge is 2.47. The first kappa shape index (κ1) is 22.6. The van der Waals surface area contributed by atoms with Gasteiger partial charge in [-0.2, -0.15) is 0 Å². The van der Waals surface area contributed by atoms with Gasteiger partial charge < -0.3 is 14.2 Å². The van der Waals surface area contributed by atoms with Crippen LogP contribution in [0.15, 0.2) is 41.3 Å². The summed E-state index contributed by atoms with van der Waals surface area (Å²) < 4.78 is 30.1. The van der Waals surface area contributed by atoms with Gasteiger partial charge in [-0.25, -0.2) is 4.79 Å². The first-order valence-corrected chi connectivity index (χ1v) is 13.5. The van der Waals surface area contributed by atoms with Crippen LogP contribution >= 0.6 is 23.5 Å². The van der Waals surface area contributed by atoms with Gasteiger partial charge in [0.15, 0.2) is 0 Å². The summed E-state index contributed by atoms with van der Waals surface area (Å²) in [7, 11) is 1.67. The first-order valence-electron chi connectivity index (χ1n) is 10.2. The van der Waals surface area contributed by atoms with Gasteiger partial charge in [0.1, 0.15) is 17.1 Å². The first-order chi connectivity index (χ1) is 15.0. The van der Waals surface area contributed by atoms with Gasteiger partial charge in [-0.1, -0.05) is 18.2 Å². The van der Waals surface area contributed by atoms with Crippen molar-refractivity contribution in [1.82, 2.24) is 0 Å². The van der Waals surface area contributed by atoms with Crippen molar-refractivity contribution in [3.05, 3.63) is 53.1 Å². The van der Waals surface area contributed by atoms with Crippen LogP contribution < -0.4 is 9.47 Å². The van der Waals surface area contributed by atoms with Crippen molar-refractivity contribution in [1.29, 1.82) is 0 Å². The number of carbonyl (C=O) groups excluding carboxylic acids is 1. The standard InChI is InChI=1S/C23H26O5S3/c1-15-13-23(29-10-7-11-30-23)20-18(26-2)12-16(19(21(20)28-15)22(24)27-3)14-31(25)17-8-5-4-6-9-17/h4-6,8-9,12,15H,7,10-11,13-14H2,1-3H3. The van der Waals surface area contributed by atoms with Gasteiger partial charge in [0.2, 0.25) is 0 Å². The van der Waals surface area contributed by atoms with E-state index in [-0.39, 0.29) is 15.9 Å². The molecule has 8 heteroatoms. The molecule has 31 heavy (non-hydrogen) atoms. The number of esters is 1. The van der Waals surface area contributed by atoms with Gasteiger partial charge in [0.05, 0.1) is 46.5 Å². The molecule has 2 unspecified atom stereocenters. The number of hydrogen-bond acceptors (Lipinski definition) is 7. The minimum atomic E-state index is -1.33. The summed E-state index contributed by atoms with van der Waals surface area (Å²) >= 11 is 3.80. The zero-order chi connectivity index (χ0) is 22.0. The molecular weight excluding hydrogens is 452 g/mol. The van der Waals surface area contributed by atoms with E-state index in [0.717, 1.165) is 29.9 Å². The SMILES string of the molecule is COC(=O)c1c(CS(=O)c2ccccc2)cc(OC)c2c1OC(C)CC21SCCCS1. The summed E-state index contributed by atoms with van der Waals surface area (Å²) in [5.41, 5.74) is 1.89. The Kier molecular flexibility index (Phi) is 6.89. The number of carbonyl (C=O) groups is 1. The van der Waals surface area contributed by atoms with E-state index in [2.05, 4.69) is 0 Å². The highest BCUT2D eigenvalue weighted by atomic mass is 32.2. The predicted octanol–water partition coefficient (Wildman–Crippen LogP) is 4.98. The third-order valence-corrected chi connectivity index (χ3v) is 10.2. The van der Waals surface area contributed by atoms with E-state index >= 15 is 0 Å². The highest BCUT2D eigenvalue weighted by Crippen LogP contribution is 2.61. The fraction of sp³-hybridized carbons (Fsp3) is 0.435. The van der Waals surface area contributed by atoms with Gasteiger partial charge in [-0.05, 0) is 48.6 Å². The van der Waals surface area contributed by atoms with Crippen LogP contribution in [0.1, 0.15) is 41.3 Å².